The van der Waals surface area contributed by atoms with Crippen LogP contribution in [-0.2, 0) is 11.3 Å². The summed E-state index contributed by atoms with van der Waals surface area (Å²) in [6, 6.07) is 6.27. The van der Waals surface area contributed by atoms with Crippen LogP contribution in [0.5, 0.6) is 0 Å². The molecule has 1 aromatic carbocycles. The Morgan fingerprint density at radius 1 is 1.35 bits per heavy atom. The fourth-order valence-corrected chi connectivity index (χ4v) is 2.95. The monoisotopic (exact) mass is 388 g/mol. The minimum atomic E-state index is -4.43. The molecule has 1 unspecified atom stereocenters. The van der Waals surface area contributed by atoms with E-state index in [1.54, 1.807) is 29.2 Å². The molecule has 1 atom stereocenters. The van der Waals surface area contributed by atoms with E-state index in [2.05, 4.69) is 10.1 Å². The maximum atomic E-state index is 12.3. The summed E-state index contributed by atoms with van der Waals surface area (Å²) in [5, 5.41) is 6.41. The quantitative estimate of drug-likeness (QED) is 0.852. The fourth-order valence-electron chi connectivity index (χ4n) is 2.83. The SMILES string of the molecule is O=C(NCC(F)(F)F)C1CCCN1Cc1nc(-c2ccc(Cl)cc2)no1. The number of nitrogens with one attached hydrogen (secondary N) is 1. The van der Waals surface area contributed by atoms with E-state index >= 15 is 0 Å². The second kappa shape index (κ2) is 7.63. The zero-order valence-electron chi connectivity index (χ0n) is 13.6. The summed E-state index contributed by atoms with van der Waals surface area (Å²) in [5.74, 6) is 0.0386. The first-order chi connectivity index (χ1) is 12.3. The van der Waals surface area contributed by atoms with Crippen LogP contribution in [0.4, 0.5) is 13.2 Å². The molecule has 1 aliphatic rings. The summed E-state index contributed by atoms with van der Waals surface area (Å²) >= 11 is 5.84. The number of hydrogen-bond acceptors (Lipinski definition) is 5. The topological polar surface area (TPSA) is 71.3 Å². The Labute approximate surface area is 152 Å². The summed E-state index contributed by atoms with van der Waals surface area (Å²) in [5.41, 5.74) is 0.727. The largest absolute Gasteiger partial charge is 0.405 e. The van der Waals surface area contributed by atoms with E-state index in [4.69, 9.17) is 16.1 Å². The highest BCUT2D eigenvalue weighted by molar-refractivity contribution is 6.30. The highest BCUT2D eigenvalue weighted by atomic mass is 35.5. The molecule has 1 aromatic heterocycles. The Bertz CT molecular complexity index is 764. The smallest absolute Gasteiger partial charge is 0.346 e. The van der Waals surface area contributed by atoms with Gasteiger partial charge in [-0.2, -0.15) is 18.2 Å². The average Bonchev–Trinajstić information content (AvgIpc) is 3.23. The molecule has 26 heavy (non-hydrogen) atoms. The Hall–Kier alpha value is -2.13. The van der Waals surface area contributed by atoms with E-state index < -0.39 is 24.7 Å². The summed E-state index contributed by atoms with van der Waals surface area (Å²) in [4.78, 5) is 18.0. The van der Waals surface area contributed by atoms with Crippen LogP contribution < -0.4 is 5.32 Å². The number of nitrogens with zero attached hydrogens (tertiary/aromatic N) is 3. The van der Waals surface area contributed by atoms with Crippen molar-refractivity contribution in [1.29, 1.82) is 0 Å². The van der Waals surface area contributed by atoms with Crippen LogP contribution in [0.15, 0.2) is 28.8 Å². The molecule has 140 valence electrons. The number of rotatable bonds is 5. The van der Waals surface area contributed by atoms with Crippen LogP contribution in [0.2, 0.25) is 5.02 Å². The van der Waals surface area contributed by atoms with Crippen molar-refractivity contribution in [1.82, 2.24) is 20.4 Å². The Kier molecular flexibility index (Phi) is 5.47. The lowest BCUT2D eigenvalue weighted by Crippen LogP contribution is -2.45. The summed E-state index contributed by atoms with van der Waals surface area (Å²) in [6.07, 6.45) is -3.23. The first-order valence-electron chi connectivity index (χ1n) is 7.99. The predicted molar refractivity (Wildman–Crippen MR) is 87.2 cm³/mol. The molecule has 10 heteroatoms. The molecule has 2 aromatic rings. The molecule has 1 amide bonds. The number of carbonyl (C=O) groups is 1. The van der Waals surface area contributed by atoms with Crippen molar-refractivity contribution in [3.8, 4) is 11.4 Å². The van der Waals surface area contributed by atoms with E-state index in [1.807, 2.05) is 5.32 Å². The summed E-state index contributed by atoms with van der Waals surface area (Å²) < 4.78 is 42.0. The summed E-state index contributed by atoms with van der Waals surface area (Å²) in [6.45, 7) is -0.565. The third-order valence-corrected chi connectivity index (χ3v) is 4.29. The van der Waals surface area contributed by atoms with Crippen molar-refractivity contribution in [2.24, 2.45) is 0 Å². The molecule has 1 fully saturated rings. The number of aromatic nitrogens is 2. The highest BCUT2D eigenvalue weighted by Crippen LogP contribution is 2.23. The number of amides is 1. The number of halogens is 4. The maximum absolute atomic E-state index is 12.3. The molecular formula is C16H16ClF3N4O2. The van der Waals surface area contributed by atoms with Crippen LogP contribution in [0.25, 0.3) is 11.4 Å². The normalized spacial score (nSPS) is 18.2. The molecule has 1 N–H and O–H groups in total. The zero-order chi connectivity index (χ0) is 18.7. The lowest BCUT2D eigenvalue weighted by Gasteiger charge is -2.22. The van der Waals surface area contributed by atoms with Gasteiger partial charge in [0.05, 0.1) is 12.6 Å². The van der Waals surface area contributed by atoms with Gasteiger partial charge in [0.1, 0.15) is 6.54 Å². The Morgan fingerprint density at radius 3 is 2.77 bits per heavy atom. The molecular weight excluding hydrogens is 373 g/mol. The number of carbonyl (C=O) groups excluding carboxylic acids is 1. The first-order valence-corrected chi connectivity index (χ1v) is 8.37. The van der Waals surface area contributed by atoms with Crippen LogP contribution >= 0.6 is 11.6 Å². The molecule has 0 radical (unpaired) electrons. The molecule has 2 heterocycles. The molecule has 3 rings (SSSR count). The van der Waals surface area contributed by atoms with Gasteiger partial charge in [0.15, 0.2) is 0 Å². The minimum Gasteiger partial charge on any atom is -0.346 e. The van der Waals surface area contributed by atoms with Gasteiger partial charge in [-0.05, 0) is 43.7 Å². The second-order valence-electron chi connectivity index (χ2n) is 5.98. The number of benzene rings is 1. The van der Waals surface area contributed by atoms with E-state index in [0.717, 1.165) is 5.56 Å². The predicted octanol–water partition coefficient (Wildman–Crippen LogP) is 3.03. The Balaban J connectivity index is 1.63. The van der Waals surface area contributed by atoms with Gasteiger partial charge < -0.3 is 9.84 Å². The van der Waals surface area contributed by atoms with Gasteiger partial charge in [-0.3, -0.25) is 9.69 Å². The van der Waals surface area contributed by atoms with Crippen molar-refractivity contribution in [2.75, 3.05) is 13.1 Å². The molecule has 0 saturated carbocycles. The molecule has 0 bridgehead atoms. The van der Waals surface area contributed by atoms with E-state index in [9.17, 15) is 18.0 Å². The van der Waals surface area contributed by atoms with Crippen molar-refractivity contribution >= 4 is 17.5 Å². The Morgan fingerprint density at radius 2 is 2.08 bits per heavy atom. The molecule has 0 aliphatic carbocycles. The van der Waals surface area contributed by atoms with Crippen LogP contribution in [0, 0.1) is 0 Å². The maximum Gasteiger partial charge on any atom is 0.405 e. The van der Waals surface area contributed by atoms with Gasteiger partial charge in [-0.1, -0.05) is 16.8 Å². The molecule has 6 nitrogen and oxygen atoms in total. The van der Waals surface area contributed by atoms with Crippen LogP contribution in [-0.4, -0.2) is 46.3 Å². The van der Waals surface area contributed by atoms with Crippen molar-refractivity contribution < 1.29 is 22.5 Å². The van der Waals surface area contributed by atoms with Crippen LogP contribution in [0.3, 0.4) is 0 Å². The van der Waals surface area contributed by atoms with Crippen LogP contribution in [0.1, 0.15) is 18.7 Å². The van der Waals surface area contributed by atoms with Gasteiger partial charge in [-0.25, -0.2) is 0 Å². The molecule has 1 aliphatic heterocycles. The third kappa shape index (κ3) is 4.73. The minimum absolute atomic E-state index is 0.199. The highest BCUT2D eigenvalue weighted by Gasteiger charge is 2.34. The third-order valence-electron chi connectivity index (χ3n) is 4.04. The van der Waals surface area contributed by atoms with E-state index in [0.29, 0.717) is 36.1 Å². The number of alkyl halides is 3. The molecule has 0 spiro atoms. The van der Waals surface area contributed by atoms with Gasteiger partial charge in [-0.15, -0.1) is 0 Å². The van der Waals surface area contributed by atoms with Gasteiger partial charge in [0, 0.05) is 10.6 Å². The number of hydrogen-bond donors (Lipinski definition) is 1. The van der Waals surface area contributed by atoms with Gasteiger partial charge >= 0.3 is 6.18 Å². The number of likely N-dealkylation sites (tertiary alicyclic amines) is 1. The van der Waals surface area contributed by atoms with Crippen molar-refractivity contribution in [3.63, 3.8) is 0 Å². The van der Waals surface area contributed by atoms with Crippen molar-refractivity contribution in [2.45, 2.75) is 31.6 Å². The van der Waals surface area contributed by atoms with Gasteiger partial charge in [0.25, 0.3) is 0 Å². The first kappa shape index (κ1) is 18.7. The van der Waals surface area contributed by atoms with Gasteiger partial charge in [0.2, 0.25) is 17.6 Å². The summed E-state index contributed by atoms with van der Waals surface area (Å²) in [7, 11) is 0. The lowest BCUT2D eigenvalue weighted by molar-refractivity contribution is -0.141. The standard InChI is InChI=1S/C16H16ClF3N4O2/c17-11-5-3-10(4-6-11)14-22-13(26-23-14)8-24-7-1-2-12(24)15(25)21-9-16(18,19)20/h3-6,12H,1-2,7-9H2,(H,21,25). The fraction of sp³-hybridized carbons (Fsp3) is 0.438. The van der Waals surface area contributed by atoms with Crippen molar-refractivity contribution in [3.05, 3.63) is 35.2 Å². The molecule has 1 saturated heterocycles. The van der Waals surface area contributed by atoms with E-state index in [-0.39, 0.29) is 6.54 Å². The zero-order valence-corrected chi connectivity index (χ0v) is 14.3. The lowest BCUT2D eigenvalue weighted by atomic mass is 10.2. The second-order valence-corrected chi connectivity index (χ2v) is 6.42. The van der Waals surface area contributed by atoms with E-state index in [1.165, 1.54) is 0 Å². The average molecular weight is 389 g/mol.